The third-order valence-corrected chi connectivity index (χ3v) is 7.05. The molecule has 4 rings (SSSR count). The maximum atomic E-state index is 12.8. The third kappa shape index (κ3) is 3.80. The lowest BCUT2D eigenvalue weighted by Crippen LogP contribution is -2.62. The Kier molecular flexibility index (Phi) is 5.07. The van der Waals surface area contributed by atoms with Crippen LogP contribution < -0.4 is 4.72 Å². The Balaban J connectivity index is 1.45. The van der Waals surface area contributed by atoms with Gasteiger partial charge in [0, 0.05) is 37.7 Å². The molecule has 0 spiro atoms. The van der Waals surface area contributed by atoms with E-state index in [2.05, 4.69) is 14.6 Å². The molecule has 2 aliphatic rings. The summed E-state index contributed by atoms with van der Waals surface area (Å²) in [5.41, 5.74) is 1.47. The number of aromatic nitrogens is 1. The van der Waals surface area contributed by atoms with Crippen LogP contribution in [0, 0.1) is 6.92 Å². The van der Waals surface area contributed by atoms with E-state index in [1.807, 2.05) is 0 Å². The molecular weight excluding hydrogens is 366 g/mol. The van der Waals surface area contributed by atoms with E-state index in [0.29, 0.717) is 18.1 Å². The molecule has 1 saturated carbocycles. The average Bonchev–Trinajstić information content (AvgIpc) is 3.08. The van der Waals surface area contributed by atoms with Gasteiger partial charge in [0.15, 0.2) is 5.89 Å². The molecule has 1 aliphatic carbocycles. The molecule has 1 saturated heterocycles. The van der Waals surface area contributed by atoms with Crippen molar-refractivity contribution in [1.29, 1.82) is 0 Å². The lowest BCUT2D eigenvalue weighted by molar-refractivity contribution is -0.0527. The predicted molar refractivity (Wildman–Crippen MR) is 101 cm³/mol. The highest BCUT2D eigenvalue weighted by atomic mass is 32.2. The van der Waals surface area contributed by atoms with Crippen molar-refractivity contribution in [1.82, 2.24) is 14.6 Å². The highest BCUT2D eigenvalue weighted by molar-refractivity contribution is 7.89. The Bertz CT molecular complexity index is 882. The fraction of sp³-hybridized carbons (Fsp3) is 0.526. The zero-order chi connectivity index (χ0) is 18.9. The average molecular weight is 391 g/mol. The summed E-state index contributed by atoms with van der Waals surface area (Å²) in [5, 5.41) is 0. The first-order valence-electron chi connectivity index (χ1n) is 9.34. The lowest BCUT2D eigenvalue weighted by Gasteiger charge is -2.51. The maximum Gasteiger partial charge on any atom is 0.240 e. The number of sulfonamides is 1. The lowest BCUT2D eigenvalue weighted by atomic mass is 9.75. The molecule has 0 amide bonds. The van der Waals surface area contributed by atoms with Crippen molar-refractivity contribution in [2.45, 2.75) is 36.6 Å². The first kappa shape index (κ1) is 18.6. The molecule has 27 heavy (non-hydrogen) atoms. The topological polar surface area (TPSA) is 84.7 Å². The van der Waals surface area contributed by atoms with Crippen LogP contribution in [0.15, 0.2) is 39.8 Å². The van der Waals surface area contributed by atoms with Crippen LogP contribution in [0.4, 0.5) is 0 Å². The number of aryl methyl sites for hydroxylation is 1. The van der Waals surface area contributed by atoms with Crippen LogP contribution in [0.2, 0.25) is 0 Å². The molecule has 1 aliphatic heterocycles. The Labute approximate surface area is 159 Å². The van der Waals surface area contributed by atoms with Crippen LogP contribution in [0.5, 0.6) is 0 Å². The second-order valence-corrected chi connectivity index (χ2v) is 9.04. The molecular formula is C19H25N3O4S. The first-order valence-corrected chi connectivity index (χ1v) is 10.8. The van der Waals surface area contributed by atoms with E-state index in [1.165, 1.54) is 0 Å². The summed E-state index contributed by atoms with van der Waals surface area (Å²) >= 11 is 0. The summed E-state index contributed by atoms with van der Waals surface area (Å²) in [4.78, 5) is 6.92. The minimum Gasteiger partial charge on any atom is -0.449 e. The van der Waals surface area contributed by atoms with Gasteiger partial charge in [0.25, 0.3) is 0 Å². The van der Waals surface area contributed by atoms with Crippen LogP contribution in [-0.4, -0.2) is 56.7 Å². The van der Waals surface area contributed by atoms with Crippen LogP contribution in [0.3, 0.4) is 0 Å². The number of morpholine rings is 1. The summed E-state index contributed by atoms with van der Waals surface area (Å²) in [6.07, 6.45) is 4.77. The van der Waals surface area contributed by atoms with E-state index in [0.717, 1.165) is 51.1 Å². The smallest absolute Gasteiger partial charge is 0.240 e. The van der Waals surface area contributed by atoms with Gasteiger partial charge in [-0.05, 0) is 31.4 Å². The Morgan fingerprint density at radius 2 is 1.89 bits per heavy atom. The summed E-state index contributed by atoms with van der Waals surface area (Å²) < 4.78 is 39.0. The van der Waals surface area contributed by atoms with E-state index in [9.17, 15) is 8.42 Å². The van der Waals surface area contributed by atoms with Crippen molar-refractivity contribution in [3.05, 3.63) is 36.4 Å². The van der Waals surface area contributed by atoms with Crippen molar-refractivity contribution in [2.75, 3.05) is 32.8 Å². The molecule has 1 aromatic carbocycles. The fourth-order valence-electron chi connectivity index (χ4n) is 3.84. The normalized spacial score (nSPS) is 20.3. The molecule has 2 aromatic rings. The molecule has 0 bridgehead atoms. The third-order valence-electron chi connectivity index (χ3n) is 5.64. The van der Waals surface area contributed by atoms with Gasteiger partial charge in [-0.25, -0.2) is 18.1 Å². The quantitative estimate of drug-likeness (QED) is 0.813. The number of ether oxygens (including phenoxy) is 1. The van der Waals surface area contributed by atoms with Gasteiger partial charge in [-0.2, -0.15) is 0 Å². The molecule has 7 nitrogen and oxygen atoms in total. The van der Waals surface area contributed by atoms with Gasteiger partial charge >= 0.3 is 0 Å². The minimum atomic E-state index is -3.55. The van der Waals surface area contributed by atoms with Gasteiger partial charge in [-0.3, -0.25) is 4.90 Å². The first-order chi connectivity index (χ1) is 13.0. The summed E-state index contributed by atoms with van der Waals surface area (Å²) in [5.74, 6) is 0.581. The number of benzene rings is 1. The standard InChI is InChI=1S/C19H25N3O4S/c1-15-21-18(13-26-15)16-3-5-17(6-4-16)27(23,24)20-14-19(7-2-8-19)22-9-11-25-12-10-22/h3-6,13,20H,2,7-12,14H2,1H3. The summed E-state index contributed by atoms with van der Waals surface area (Å²) in [6.45, 7) is 5.40. The highest BCUT2D eigenvalue weighted by Gasteiger charge is 2.43. The van der Waals surface area contributed by atoms with E-state index >= 15 is 0 Å². The van der Waals surface area contributed by atoms with E-state index in [4.69, 9.17) is 9.15 Å². The van der Waals surface area contributed by atoms with Crippen molar-refractivity contribution in [3.63, 3.8) is 0 Å². The van der Waals surface area contributed by atoms with Crippen molar-refractivity contribution in [3.8, 4) is 11.3 Å². The van der Waals surface area contributed by atoms with Gasteiger partial charge in [0.1, 0.15) is 12.0 Å². The fourth-order valence-corrected chi connectivity index (χ4v) is 4.96. The highest BCUT2D eigenvalue weighted by Crippen LogP contribution is 2.38. The molecule has 1 aromatic heterocycles. The largest absolute Gasteiger partial charge is 0.449 e. The van der Waals surface area contributed by atoms with Crippen LogP contribution in [-0.2, 0) is 14.8 Å². The van der Waals surface area contributed by atoms with Crippen molar-refractivity contribution < 1.29 is 17.6 Å². The van der Waals surface area contributed by atoms with Gasteiger partial charge in [0.2, 0.25) is 10.0 Å². The zero-order valence-corrected chi connectivity index (χ0v) is 16.3. The second-order valence-electron chi connectivity index (χ2n) is 7.28. The number of nitrogens with zero attached hydrogens (tertiary/aromatic N) is 2. The molecule has 1 N–H and O–H groups in total. The summed E-state index contributed by atoms with van der Waals surface area (Å²) in [7, 11) is -3.55. The Morgan fingerprint density at radius 1 is 1.19 bits per heavy atom. The van der Waals surface area contributed by atoms with Crippen LogP contribution in [0.1, 0.15) is 25.2 Å². The van der Waals surface area contributed by atoms with Gasteiger partial charge in [0.05, 0.1) is 18.1 Å². The molecule has 2 fully saturated rings. The predicted octanol–water partition coefficient (Wildman–Crippen LogP) is 2.18. The number of oxazole rings is 1. The van der Waals surface area contributed by atoms with Gasteiger partial charge < -0.3 is 9.15 Å². The second kappa shape index (κ2) is 7.35. The number of rotatable bonds is 6. The molecule has 0 unspecified atom stereocenters. The Morgan fingerprint density at radius 3 is 2.44 bits per heavy atom. The number of hydrogen-bond donors (Lipinski definition) is 1. The molecule has 0 atom stereocenters. The molecule has 0 radical (unpaired) electrons. The van der Waals surface area contributed by atoms with Gasteiger partial charge in [-0.15, -0.1) is 0 Å². The maximum absolute atomic E-state index is 12.8. The Hall–Kier alpha value is -1.74. The molecule has 8 heteroatoms. The van der Waals surface area contributed by atoms with Crippen LogP contribution >= 0.6 is 0 Å². The molecule has 146 valence electrons. The SMILES string of the molecule is Cc1nc(-c2ccc(S(=O)(=O)NCC3(N4CCOCC4)CCC3)cc2)co1. The number of nitrogens with one attached hydrogen (secondary N) is 1. The number of hydrogen-bond acceptors (Lipinski definition) is 6. The molecule has 2 heterocycles. The minimum absolute atomic E-state index is 0.0605. The van der Waals surface area contributed by atoms with Crippen molar-refractivity contribution in [2.24, 2.45) is 0 Å². The zero-order valence-electron chi connectivity index (χ0n) is 15.5. The monoisotopic (exact) mass is 391 g/mol. The van der Waals surface area contributed by atoms with Gasteiger partial charge in [-0.1, -0.05) is 12.1 Å². The van der Waals surface area contributed by atoms with E-state index in [-0.39, 0.29) is 10.4 Å². The van der Waals surface area contributed by atoms with Crippen LogP contribution in [0.25, 0.3) is 11.3 Å². The van der Waals surface area contributed by atoms with E-state index in [1.54, 1.807) is 37.5 Å². The van der Waals surface area contributed by atoms with E-state index < -0.39 is 10.0 Å². The summed E-state index contributed by atoms with van der Waals surface area (Å²) in [6, 6.07) is 6.74. The van der Waals surface area contributed by atoms with Crippen molar-refractivity contribution >= 4 is 10.0 Å².